The summed E-state index contributed by atoms with van der Waals surface area (Å²) in [6.45, 7) is 9.03. The van der Waals surface area contributed by atoms with Crippen LogP contribution in [0.15, 0.2) is 18.2 Å². The van der Waals surface area contributed by atoms with Crippen molar-refractivity contribution >= 4 is 0 Å². The van der Waals surface area contributed by atoms with Gasteiger partial charge in [-0.2, -0.15) is 0 Å². The molecule has 1 aromatic carbocycles. The molecule has 0 saturated heterocycles. The third-order valence-corrected chi connectivity index (χ3v) is 3.94. The Morgan fingerprint density at radius 2 is 1.84 bits per heavy atom. The van der Waals surface area contributed by atoms with Gasteiger partial charge in [-0.25, -0.2) is 4.39 Å². The highest BCUT2D eigenvalue weighted by atomic mass is 19.1. The Balaban J connectivity index is 3.25. The van der Waals surface area contributed by atoms with Gasteiger partial charge in [-0.05, 0) is 49.6 Å². The van der Waals surface area contributed by atoms with Crippen LogP contribution < -0.4 is 5.32 Å². The van der Waals surface area contributed by atoms with Crippen LogP contribution in [0.3, 0.4) is 0 Å². The maximum Gasteiger partial charge on any atom is 0.123 e. The molecule has 1 atom stereocenters. The first-order chi connectivity index (χ1) is 9.02. The zero-order valence-electron chi connectivity index (χ0n) is 12.7. The molecule has 19 heavy (non-hydrogen) atoms. The molecule has 0 aliphatic rings. The standard InChI is InChI=1S/C16H26FNO/c1-6-16(7-2,19-5)15(18-8-3)13-9-12(4)10-14(17)11-13/h9-11,15,18H,6-8H2,1-5H3. The van der Waals surface area contributed by atoms with E-state index in [-0.39, 0.29) is 17.5 Å². The van der Waals surface area contributed by atoms with E-state index in [1.807, 2.05) is 13.0 Å². The molecular weight excluding hydrogens is 241 g/mol. The zero-order chi connectivity index (χ0) is 14.5. The van der Waals surface area contributed by atoms with Gasteiger partial charge >= 0.3 is 0 Å². The van der Waals surface area contributed by atoms with Crippen molar-refractivity contribution in [3.63, 3.8) is 0 Å². The van der Waals surface area contributed by atoms with Crippen LogP contribution in [0.2, 0.25) is 0 Å². The fraction of sp³-hybridized carbons (Fsp3) is 0.625. The molecule has 1 rings (SSSR count). The van der Waals surface area contributed by atoms with Gasteiger partial charge in [0.25, 0.3) is 0 Å². The van der Waals surface area contributed by atoms with Gasteiger partial charge in [-0.1, -0.05) is 26.8 Å². The number of rotatable bonds is 7. The van der Waals surface area contributed by atoms with E-state index in [9.17, 15) is 4.39 Å². The molecule has 0 saturated carbocycles. The van der Waals surface area contributed by atoms with E-state index in [0.29, 0.717) is 0 Å². The smallest absolute Gasteiger partial charge is 0.123 e. The predicted octanol–water partition coefficient (Wildman–Crippen LogP) is 3.99. The molecule has 0 bridgehead atoms. The van der Waals surface area contributed by atoms with E-state index in [2.05, 4.69) is 26.1 Å². The van der Waals surface area contributed by atoms with Gasteiger partial charge in [-0.3, -0.25) is 0 Å². The van der Waals surface area contributed by atoms with Crippen LogP contribution in [0, 0.1) is 12.7 Å². The maximum absolute atomic E-state index is 13.7. The highest BCUT2D eigenvalue weighted by Crippen LogP contribution is 2.35. The van der Waals surface area contributed by atoms with Crippen molar-refractivity contribution in [3.8, 4) is 0 Å². The molecule has 0 heterocycles. The summed E-state index contributed by atoms with van der Waals surface area (Å²) in [6, 6.07) is 5.21. The minimum absolute atomic E-state index is 0.00639. The molecule has 3 heteroatoms. The van der Waals surface area contributed by atoms with Crippen LogP contribution in [-0.4, -0.2) is 19.3 Å². The van der Waals surface area contributed by atoms with Crippen molar-refractivity contribution in [1.82, 2.24) is 5.32 Å². The van der Waals surface area contributed by atoms with E-state index in [4.69, 9.17) is 4.74 Å². The molecule has 0 aliphatic carbocycles. The molecule has 0 aromatic heterocycles. The summed E-state index contributed by atoms with van der Waals surface area (Å²) in [5.74, 6) is -0.185. The van der Waals surface area contributed by atoms with Gasteiger partial charge in [0.05, 0.1) is 11.6 Å². The maximum atomic E-state index is 13.7. The quantitative estimate of drug-likeness (QED) is 0.806. The van der Waals surface area contributed by atoms with Crippen molar-refractivity contribution < 1.29 is 9.13 Å². The van der Waals surface area contributed by atoms with Crippen molar-refractivity contribution in [1.29, 1.82) is 0 Å². The molecule has 108 valence electrons. The Morgan fingerprint density at radius 1 is 1.21 bits per heavy atom. The molecule has 2 nitrogen and oxygen atoms in total. The minimum atomic E-state index is -0.295. The molecule has 0 radical (unpaired) electrons. The highest BCUT2D eigenvalue weighted by Gasteiger charge is 2.36. The highest BCUT2D eigenvalue weighted by molar-refractivity contribution is 5.28. The van der Waals surface area contributed by atoms with Crippen molar-refractivity contribution in [2.45, 2.75) is 52.2 Å². The number of benzene rings is 1. The van der Waals surface area contributed by atoms with Crippen LogP contribution in [-0.2, 0) is 4.74 Å². The number of hydrogen-bond acceptors (Lipinski definition) is 2. The second-order valence-electron chi connectivity index (χ2n) is 5.03. The lowest BCUT2D eigenvalue weighted by Crippen LogP contribution is -2.45. The lowest BCUT2D eigenvalue weighted by molar-refractivity contribution is -0.0483. The number of aryl methyl sites for hydroxylation is 1. The normalized spacial score (nSPS) is 13.6. The van der Waals surface area contributed by atoms with Crippen molar-refractivity contribution in [2.24, 2.45) is 0 Å². The zero-order valence-corrected chi connectivity index (χ0v) is 12.7. The number of ether oxygens (including phenoxy) is 1. The van der Waals surface area contributed by atoms with Crippen LogP contribution >= 0.6 is 0 Å². The summed E-state index contributed by atoms with van der Waals surface area (Å²) in [5.41, 5.74) is 1.61. The van der Waals surface area contributed by atoms with E-state index < -0.39 is 0 Å². The third kappa shape index (κ3) is 3.54. The summed E-state index contributed by atoms with van der Waals surface area (Å²) < 4.78 is 19.5. The van der Waals surface area contributed by atoms with Gasteiger partial charge in [0, 0.05) is 7.11 Å². The first-order valence-electron chi connectivity index (χ1n) is 7.08. The summed E-state index contributed by atoms with van der Waals surface area (Å²) in [7, 11) is 1.74. The van der Waals surface area contributed by atoms with Crippen molar-refractivity contribution in [3.05, 3.63) is 35.1 Å². The Morgan fingerprint density at radius 3 is 2.26 bits per heavy atom. The van der Waals surface area contributed by atoms with Crippen LogP contribution in [0.1, 0.15) is 50.8 Å². The summed E-state index contributed by atoms with van der Waals surface area (Å²) in [6.07, 6.45) is 1.76. The molecular formula is C16H26FNO. The molecule has 1 aromatic rings. The van der Waals surface area contributed by atoms with Gasteiger partial charge < -0.3 is 10.1 Å². The molecule has 1 N–H and O–H groups in total. The van der Waals surface area contributed by atoms with Crippen LogP contribution in [0.4, 0.5) is 4.39 Å². The summed E-state index contributed by atoms with van der Waals surface area (Å²) in [4.78, 5) is 0. The van der Waals surface area contributed by atoms with Gasteiger partial charge in [0.15, 0.2) is 0 Å². The second kappa shape index (κ2) is 7.01. The summed E-state index contributed by atoms with van der Waals surface area (Å²) in [5, 5.41) is 3.46. The number of likely N-dealkylation sites (N-methyl/N-ethyl adjacent to an activating group) is 1. The predicted molar refractivity (Wildman–Crippen MR) is 77.9 cm³/mol. The first-order valence-corrected chi connectivity index (χ1v) is 7.08. The number of nitrogens with one attached hydrogen (secondary N) is 1. The lowest BCUT2D eigenvalue weighted by atomic mass is 9.83. The van der Waals surface area contributed by atoms with Gasteiger partial charge in [0.1, 0.15) is 5.82 Å². The van der Waals surface area contributed by atoms with E-state index in [1.165, 1.54) is 0 Å². The van der Waals surface area contributed by atoms with Crippen LogP contribution in [0.25, 0.3) is 0 Å². The van der Waals surface area contributed by atoms with Crippen molar-refractivity contribution in [2.75, 3.05) is 13.7 Å². The second-order valence-corrected chi connectivity index (χ2v) is 5.03. The largest absolute Gasteiger partial charge is 0.376 e. The Labute approximate surface area is 116 Å². The van der Waals surface area contributed by atoms with E-state index >= 15 is 0 Å². The molecule has 1 unspecified atom stereocenters. The molecule has 0 spiro atoms. The average molecular weight is 267 g/mol. The number of halogens is 1. The Hall–Kier alpha value is -0.930. The third-order valence-electron chi connectivity index (χ3n) is 3.94. The minimum Gasteiger partial charge on any atom is -0.376 e. The van der Waals surface area contributed by atoms with Gasteiger partial charge in [-0.15, -0.1) is 0 Å². The number of methoxy groups -OCH3 is 1. The summed E-state index contributed by atoms with van der Waals surface area (Å²) >= 11 is 0. The lowest BCUT2D eigenvalue weighted by Gasteiger charge is -2.39. The van der Waals surface area contributed by atoms with Gasteiger partial charge in [0.2, 0.25) is 0 Å². The monoisotopic (exact) mass is 267 g/mol. The Bertz CT molecular complexity index is 373. The van der Waals surface area contributed by atoms with Crippen LogP contribution in [0.5, 0.6) is 0 Å². The Kier molecular flexibility index (Phi) is 5.95. The average Bonchev–Trinajstić information content (AvgIpc) is 2.39. The molecule has 0 fully saturated rings. The molecule has 0 aliphatic heterocycles. The first kappa shape index (κ1) is 16.1. The SMILES string of the molecule is CCNC(c1cc(C)cc(F)c1)C(CC)(CC)OC. The van der Waals surface area contributed by atoms with E-state index in [0.717, 1.165) is 30.5 Å². The number of hydrogen-bond donors (Lipinski definition) is 1. The fourth-order valence-electron chi connectivity index (χ4n) is 2.81. The molecule has 0 amide bonds. The topological polar surface area (TPSA) is 21.3 Å². The van der Waals surface area contributed by atoms with E-state index in [1.54, 1.807) is 19.2 Å². The fourth-order valence-corrected chi connectivity index (χ4v) is 2.81.